The number of nitrogens with one attached hydrogen (secondary N) is 1. The zero-order chi connectivity index (χ0) is 22.2. The molecule has 0 spiro atoms. The van der Waals surface area contributed by atoms with E-state index in [9.17, 15) is 19.8 Å². The number of carbonyl (C=O) groups is 1. The summed E-state index contributed by atoms with van der Waals surface area (Å²) in [5.74, 6) is -0.108. The summed E-state index contributed by atoms with van der Waals surface area (Å²) in [6.45, 7) is 0.688. The van der Waals surface area contributed by atoms with Crippen LogP contribution in [-0.2, 0) is 4.79 Å². The van der Waals surface area contributed by atoms with Crippen molar-refractivity contribution in [3.63, 3.8) is 0 Å². The number of hydrogen-bond donors (Lipinski definition) is 3. The van der Waals surface area contributed by atoms with Crippen LogP contribution < -0.4 is 5.56 Å². The van der Waals surface area contributed by atoms with E-state index in [0.717, 1.165) is 18.5 Å². The predicted octanol–water partition coefficient (Wildman–Crippen LogP) is 1.89. The van der Waals surface area contributed by atoms with Crippen LogP contribution in [0.4, 0.5) is 0 Å². The zero-order valence-corrected chi connectivity index (χ0v) is 17.3. The molecule has 9 nitrogen and oxygen atoms in total. The number of aromatic amines is 1. The van der Waals surface area contributed by atoms with Crippen molar-refractivity contribution in [3.8, 4) is 17.0 Å². The van der Waals surface area contributed by atoms with Gasteiger partial charge in [0, 0.05) is 17.4 Å². The summed E-state index contributed by atoms with van der Waals surface area (Å²) in [6.07, 6.45) is 9.57. The first-order valence-electron chi connectivity index (χ1n) is 10.6. The lowest BCUT2D eigenvalue weighted by Crippen LogP contribution is -2.41. The number of pyridine rings is 1. The lowest BCUT2D eigenvalue weighted by Gasteiger charge is -2.27. The fraction of sp³-hybridized carbons (Fsp3) is 0.304. The topological polar surface area (TPSA) is 124 Å². The van der Waals surface area contributed by atoms with E-state index < -0.39 is 0 Å². The number of allylic oxidation sites excluding steroid dienone is 3. The Morgan fingerprint density at radius 1 is 1.28 bits per heavy atom. The Morgan fingerprint density at radius 3 is 2.94 bits per heavy atom. The number of phenolic OH excluding ortho intramolecular Hbond substituents is 1. The quantitative estimate of drug-likeness (QED) is 0.577. The first kappa shape index (κ1) is 20.2. The number of nitrogens with zero attached hydrogens (tertiary/aromatic N) is 4. The molecule has 3 aromatic rings. The highest BCUT2D eigenvalue weighted by atomic mass is 16.3. The number of aromatic nitrogens is 4. The molecule has 1 saturated heterocycles. The lowest BCUT2D eigenvalue weighted by molar-refractivity contribution is -0.135. The fourth-order valence-electron chi connectivity index (χ4n) is 4.39. The third-order valence-electron chi connectivity index (χ3n) is 6.13. The molecule has 9 heteroatoms. The molecule has 1 aliphatic carbocycles. The van der Waals surface area contributed by atoms with Crippen LogP contribution in [0, 0.1) is 5.92 Å². The molecule has 0 saturated carbocycles. The number of rotatable bonds is 4. The van der Waals surface area contributed by atoms with E-state index in [4.69, 9.17) is 0 Å². The minimum atomic E-state index is -0.293. The van der Waals surface area contributed by atoms with E-state index in [1.165, 1.54) is 6.07 Å². The lowest BCUT2D eigenvalue weighted by atomic mass is 9.97. The van der Waals surface area contributed by atoms with Gasteiger partial charge in [0.1, 0.15) is 11.4 Å². The second kappa shape index (κ2) is 8.08. The Morgan fingerprint density at radius 2 is 2.16 bits per heavy atom. The van der Waals surface area contributed by atoms with Crippen LogP contribution in [0.5, 0.6) is 5.75 Å². The average molecular weight is 433 g/mol. The minimum absolute atomic E-state index is 0.00147. The van der Waals surface area contributed by atoms with E-state index in [1.807, 2.05) is 18.2 Å². The van der Waals surface area contributed by atoms with Gasteiger partial charge < -0.3 is 20.1 Å². The van der Waals surface area contributed by atoms with Gasteiger partial charge in [0.2, 0.25) is 5.91 Å². The summed E-state index contributed by atoms with van der Waals surface area (Å²) >= 11 is 0. The van der Waals surface area contributed by atoms with E-state index >= 15 is 0 Å². The molecule has 3 heterocycles. The first-order valence-corrected chi connectivity index (χ1v) is 10.6. The first-order chi connectivity index (χ1) is 15.5. The summed E-state index contributed by atoms with van der Waals surface area (Å²) in [5.41, 5.74) is 1.86. The maximum atomic E-state index is 12.8. The van der Waals surface area contributed by atoms with Crippen molar-refractivity contribution < 1.29 is 15.0 Å². The Labute approximate surface area is 183 Å². The Hall–Kier alpha value is -3.72. The normalized spacial score (nSPS) is 20.7. The second-order valence-corrected chi connectivity index (χ2v) is 8.17. The van der Waals surface area contributed by atoms with Gasteiger partial charge in [-0.05, 0) is 49.6 Å². The summed E-state index contributed by atoms with van der Waals surface area (Å²) in [6, 6.07) is 6.33. The van der Waals surface area contributed by atoms with Gasteiger partial charge in [-0.2, -0.15) is 0 Å². The number of aliphatic hydroxyl groups is 1. The van der Waals surface area contributed by atoms with Crippen molar-refractivity contribution in [1.29, 1.82) is 0 Å². The largest absolute Gasteiger partial charge is 0.508 e. The number of phenols is 1. The van der Waals surface area contributed by atoms with E-state index in [0.29, 0.717) is 35.1 Å². The van der Waals surface area contributed by atoms with Crippen LogP contribution in [0.3, 0.4) is 0 Å². The zero-order valence-electron chi connectivity index (χ0n) is 17.3. The molecule has 2 aromatic heterocycles. The molecule has 1 amide bonds. The van der Waals surface area contributed by atoms with Gasteiger partial charge in [0.05, 0.1) is 36.0 Å². The number of aliphatic hydroxyl groups excluding tert-OH is 1. The molecule has 1 unspecified atom stereocenters. The molecule has 0 bridgehead atoms. The highest BCUT2D eigenvalue weighted by molar-refractivity contribution is 5.84. The highest BCUT2D eigenvalue weighted by Crippen LogP contribution is 2.26. The van der Waals surface area contributed by atoms with Crippen molar-refractivity contribution in [2.45, 2.75) is 25.3 Å². The third kappa shape index (κ3) is 3.60. The van der Waals surface area contributed by atoms with Gasteiger partial charge in [0.25, 0.3) is 5.56 Å². The van der Waals surface area contributed by atoms with Gasteiger partial charge in [0.15, 0.2) is 0 Å². The molecular weight excluding hydrogens is 410 g/mol. The molecule has 3 N–H and O–H groups in total. The Bertz CT molecular complexity index is 1310. The molecule has 2 aliphatic rings. The number of benzene rings is 1. The maximum Gasteiger partial charge on any atom is 0.258 e. The molecule has 1 aliphatic heterocycles. The van der Waals surface area contributed by atoms with Crippen LogP contribution in [0.2, 0.25) is 0 Å². The van der Waals surface area contributed by atoms with Gasteiger partial charge in [-0.25, -0.2) is 4.68 Å². The molecule has 32 heavy (non-hydrogen) atoms. The standard InChI is InChI=1S/C23H23N5O4/c29-13-17-2-1-9-27(17)23(32)14-3-5-16(6-4-14)28-12-21(25-26-28)19-11-15-10-18(30)7-8-20(15)24-22(19)31/h3,5-8,10-12,14,17,29-30H,1-2,4,9,13H2,(H,24,31)/t14?,17-/m0/s1. The Balaban J connectivity index is 1.35. The summed E-state index contributed by atoms with van der Waals surface area (Å²) in [4.78, 5) is 29.9. The number of carbonyl (C=O) groups excluding carboxylic acids is 1. The molecule has 5 rings (SSSR count). The number of aromatic hydroxyl groups is 1. The van der Waals surface area contributed by atoms with Crippen LogP contribution in [0.15, 0.2) is 53.5 Å². The van der Waals surface area contributed by atoms with Crippen LogP contribution in [0.25, 0.3) is 27.9 Å². The maximum absolute atomic E-state index is 12.8. The number of amides is 1. The summed E-state index contributed by atoms with van der Waals surface area (Å²) < 4.78 is 1.57. The summed E-state index contributed by atoms with van der Waals surface area (Å²) in [5, 5.41) is 28.2. The van der Waals surface area contributed by atoms with Crippen LogP contribution in [0.1, 0.15) is 19.3 Å². The number of hydrogen-bond acceptors (Lipinski definition) is 6. The molecular formula is C23H23N5O4. The van der Waals surface area contributed by atoms with Crippen LogP contribution >= 0.6 is 0 Å². The van der Waals surface area contributed by atoms with Gasteiger partial charge in [-0.1, -0.05) is 17.4 Å². The van der Waals surface area contributed by atoms with E-state index in [2.05, 4.69) is 15.3 Å². The smallest absolute Gasteiger partial charge is 0.258 e. The third-order valence-corrected chi connectivity index (χ3v) is 6.13. The van der Waals surface area contributed by atoms with Crippen molar-refractivity contribution in [1.82, 2.24) is 24.9 Å². The van der Waals surface area contributed by atoms with E-state index in [-0.39, 0.29) is 35.8 Å². The number of likely N-dealkylation sites (tertiary alicyclic amines) is 1. The van der Waals surface area contributed by atoms with Crippen molar-refractivity contribution >= 4 is 22.5 Å². The van der Waals surface area contributed by atoms with Crippen molar-refractivity contribution in [2.24, 2.45) is 5.92 Å². The minimum Gasteiger partial charge on any atom is -0.508 e. The second-order valence-electron chi connectivity index (χ2n) is 8.17. The monoisotopic (exact) mass is 433 g/mol. The fourth-order valence-corrected chi connectivity index (χ4v) is 4.39. The SMILES string of the molecule is O=C(C1C=CC(n2cc(-c3cc4cc(O)ccc4[nH]c3=O)nn2)=CC1)N1CCC[C@H]1CO. The van der Waals surface area contributed by atoms with Crippen molar-refractivity contribution in [2.75, 3.05) is 13.2 Å². The molecule has 0 radical (unpaired) electrons. The Kier molecular flexibility index (Phi) is 5.10. The van der Waals surface area contributed by atoms with Gasteiger partial charge >= 0.3 is 0 Å². The number of H-pyrrole nitrogens is 1. The predicted molar refractivity (Wildman–Crippen MR) is 119 cm³/mol. The molecule has 1 aromatic carbocycles. The van der Waals surface area contributed by atoms with Gasteiger partial charge in [-0.15, -0.1) is 5.10 Å². The van der Waals surface area contributed by atoms with Crippen LogP contribution in [-0.4, -0.2) is 60.2 Å². The van der Waals surface area contributed by atoms with Gasteiger partial charge in [-0.3, -0.25) is 9.59 Å². The average Bonchev–Trinajstić information content (AvgIpc) is 3.48. The molecule has 164 valence electrons. The van der Waals surface area contributed by atoms with Crippen molar-refractivity contribution in [3.05, 3.63) is 59.0 Å². The molecule has 1 fully saturated rings. The van der Waals surface area contributed by atoms with E-state index in [1.54, 1.807) is 34.0 Å². The molecule has 2 atom stereocenters. The summed E-state index contributed by atoms with van der Waals surface area (Å²) in [7, 11) is 0. The number of fused-ring (bicyclic) bond motifs is 1. The highest BCUT2D eigenvalue weighted by Gasteiger charge is 2.32.